The molecule has 6 heteroatoms. The Kier molecular flexibility index (Phi) is 6.60. The highest BCUT2D eigenvalue weighted by molar-refractivity contribution is 14.1. The van der Waals surface area contributed by atoms with E-state index in [0.29, 0.717) is 5.75 Å². The zero-order valence-corrected chi connectivity index (χ0v) is 16.0. The number of rotatable bonds is 6. The van der Waals surface area contributed by atoms with Crippen LogP contribution >= 0.6 is 22.6 Å². The molecule has 126 valence electrons. The predicted molar refractivity (Wildman–Crippen MR) is 103 cm³/mol. The molecule has 2 rings (SSSR count). The summed E-state index contributed by atoms with van der Waals surface area (Å²) in [5.74, 6) is 1.19. The second-order valence-electron chi connectivity index (χ2n) is 5.24. The molecule has 0 saturated carbocycles. The van der Waals surface area contributed by atoms with E-state index in [9.17, 15) is 4.79 Å². The third-order valence-corrected chi connectivity index (χ3v) is 4.11. The van der Waals surface area contributed by atoms with Crippen LogP contribution < -0.4 is 14.9 Å². The summed E-state index contributed by atoms with van der Waals surface area (Å²) < 4.78 is 11.7. The molecule has 0 spiro atoms. The summed E-state index contributed by atoms with van der Waals surface area (Å²) in [6.07, 6.45) is 1.58. The molecule has 0 fully saturated rings. The molecule has 0 saturated heterocycles. The number of hydrogen-bond donors (Lipinski definition) is 1. The number of halogens is 1. The molecule has 0 aliphatic carbocycles. The van der Waals surface area contributed by atoms with Crippen LogP contribution in [0.15, 0.2) is 41.5 Å². The Morgan fingerprint density at radius 3 is 2.62 bits per heavy atom. The number of aryl methyl sites for hydroxylation is 2. The second-order valence-corrected chi connectivity index (χ2v) is 6.41. The maximum Gasteiger partial charge on any atom is 0.277 e. The molecule has 0 aliphatic rings. The molecule has 0 aromatic heterocycles. The van der Waals surface area contributed by atoms with E-state index in [1.807, 2.05) is 50.2 Å². The van der Waals surface area contributed by atoms with Gasteiger partial charge in [-0.05, 0) is 71.8 Å². The molecule has 0 bridgehead atoms. The Labute approximate surface area is 155 Å². The van der Waals surface area contributed by atoms with Gasteiger partial charge in [-0.15, -0.1) is 0 Å². The molecule has 1 amide bonds. The van der Waals surface area contributed by atoms with Crippen LogP contribution in [0.1, 0.15) is 16.7 Å². The summed E-state index contributed by atoms with van der Waals surface area (Å²) in [5, 5.41) is 3.94. The smallest absolute Gasteiger partial charge is 0.277 e. The van der Waals surface area contributed by atoms with Gasteiger partial charge in [-0.1, -0.05) is 17.7 Å². The molecule has 0 radical (unpaired) electrons. The van der Waals surface area contributed by atoms with E-state index in [2.05, 4.69) is 33.1 Å². The van der Waals surface area contributed by atoms with Gasteiger partial charge < -0.3 is 9.47 Å². The van der Waals surface area contributed by atoms with Crippen molar-refractivity contribution >= 4 is 34.7 Å². The summed E-state index contributed by atoms with van der Waals surface area (Å²) in [7, 11) is 1.63. The molecule has 0 heterocycles. The second kappa shape index (κ2) is 8.68. The minimum Gasteiger partial charge on any atom is -0.496 e. The minimum absolute atomic E-state index is 0.0820. The number of hydrogen-bond acceptors (Lipinski definition) is 4. The van der Waals surface area contributed by atoms with E-state index in [1.54, 1.807) is 13.3 Å². The Morgan fingerprint density at radius 2 is 1.96 bits per heavy atom. The van der Waals surface area contributed by atoms with Gasteiger partial charge in [0.15, 0.2) is 6.61 Å². The molecular weight excluding hydrogens is 419 g/mol. The fourth-order valence-corrected chi connectivity index (χ4v) is 2.84. The summed E-state index contributed by atoms with van der Waals surface area (Å²) in [5.41, 5.74) is 5.48. The van der Waals surface area contributed by atoms with Gasteiger partial charge in [0.2, 0.25) is 0 Å². The fraction of sp³-hybridized carbons (Fsp3) is 0.222. The van der Waals surface area contributed by atoms with Crippen LogP contribution in [-0.2, 0) is 4.79 Å². The van der Waals surface area contributed by atoms with Gasteiger partial charge in [0.25, 0.3) is 5.91 Å². The van der Waals surface area contributed by atoms with Crippen LogP contribution in [0.4, 0.5) is 0 Å². The fourth-order valence-electron chi connectivity index (χ4n) is 2.08. The molecule has 5 nitrogen and oxygen atoms in total. The molecule has 2 aromatic carbocycles. The molecular formula is C18H19IN2O3. The number of benzene rings is 2. The SMILES string of the molecule is COc1ccc(/C=N/NC(=O)COc2ccc(C)cc2C)cc1I. The van der Waals surface area contributed by atoms with Crippen molar-refractivity contribution in [3.63, 3.8) is 0 Å². The van der Waals surface area contributed by atoms with Gasteiger partial charge in [-0.25, -0.2) is 5.43 Å². The number of amides is 1. The van der Waals surface area contributed by atoms with E-state index in [0.717, 1.165) is 26.0 Å². The van der Waals surface area contributed by atoms with Crippen molar-refractivity contribution in [2.45, 2.75) is 13.8 Å². The van der Waals surface area contributed by atoms with E-state index >= 15 is 0 Å². The Morgan fingerprint density at radius 1 is 1.21 bits per heavy atom. The zero-order valence-electron chi connectivity index (χ0n) is 13.8. The highest BCUT2D eigenvalue weighted by Gasteiger charge is 2.04. The number of carbonyl (C=O) groups is 1. The zero-order chi connectivity index (χ0) is 17.5. The van der Waals surface area contributed by atoms with Gasteiger partial charge in [0.1, 0.15) is 11.5 Å². The molecule has 24 heavy (non-hydrogen) atoms. The van der Waals surface area contributed by atoms with Gasteiger partial charge in [0.05, 0.1) is 16.9 Å². The highest BCUT2D eigenvalue weighted by Crippen LogP contribution is 2.21. The largest absolute Gasteiger partial charge is 0.496 e. The molecule has 0 aliphatic heterocycles. The number of methoxy groups -OCH3 is 1. The number of nitrogens with one attached hydrogen (secondary N) is 1. The van der Waals surface area contributed by atoms with Crippen molar-refractivity contribution in [3.05, 3.63) is 56.7 Å². The predicted octanol–water partition coefficient (Wildman–Crippen LogP) is 3.45. The summed E-state index contributed by atoms with van der Waals surface area (Å²) in [4.78, 5) is 11.8. The molecule has 2 aromatic rings. The third-order valence-electron chi connectivity index (χ3n) is 3.27. The van der Waals surface area contributed by atoms with Crippen molar-refractivity contribution in [1.29, 1.82) is 0 Å². The van der Waals surface area contributed by atoms with Crippen molar-refractivity contribution in [2.24, 2.45) is 5.10 Å². The molecule has 0 unspecified atom stereocenters. The summed E-state index contributed by atoms with van der Waals surface area (Å²) in [6, 6.07) is 11.5. The molecule has 1 N–H and O–H groups in total. The average molecular weight is 438 g/mol. The summed E-state index contributed by atoms with van der Waals surface area (Å²) >= 11 is 2.18. The first kappa shape index (κ1) is 18.3. The Balaban J connectivity index is 1.85. The Hall–Kier alpha value is -2.09. The van der Waals surface area contributed by atoms with Gasteiger partial charge in [-0.3, -0.25) is 4.79 Å². The van der Waals surface area contributed by atoms with Gasteiger partial charge in [0, 0.05) is 0 Å². The van der Waals surface area contributed by atoms with E-state index < -0.39 is 0 Å². The third kappa shape index (κ3) is 5.23. The normalized spacial score (nSPS) is 10.7. The van der Waals surface area contributed by atoms with Crippen molar-refractivity contribution in [3.8, 4) is 11.5 Å². The number of hydrazone groups is 1. The van der Waals surface area contributed by atoms with Crippen molar-refractivity contribution in [1.82, 2.24) is 5.43 Å². The monoisotopic (exact) mass is 438 g/mol. The lowest BCUT2D eigenvalue weighted by atomic mass is 10.1. The number of carbonyl (C=O) groups excluding carboxylic acids is 1. The van der Waals surface area contributed by atoms with Crippen LogP contribution in [0, 0.1) is 17.4 Å². The van der Waals surface area contributed by atoms with E-state index in [1.165, 1.54) is 0 Å². The molecule has 0 atom stereocenters. The topological polar surface area (TPSA) is 59.9 Å². The maximum atomic E-state index is 11.8. The van der Waals surface area contributed by atoms with E-state index in [-0.39, 0.29) is 12.5 Å². The lowest BCUT2D eigenvalue weighted by molar-refractivity contribution is -0.123. The van der Waals surface area contributed by atoms with E-state index in [4.69, 9.17) is 9.47 Å². The van der Waals surface area contributed by atoms with Crippen LogP contribution in [0.5, 0.6) is 11.5 Å². The maximum absolute atomic E-state index is 11.8. The van der Waals surface area contributed by atoms with Crippen LogP contribution in [0.2, 0.25) is 0 Å². The minimum atomic E-state index is -0.311. The van der Waals surface area contributed by atoms with Crippen LogP contribution in [-0.4, -0.2) is 25.8 Å². The first-order valence-corrected chi connectivity index (χ1v) is 8.43. The first-order valence-electron chi connectivity index (χ1n) is 7.35. The summed E-state index contributed by atoms with van der Waals surface area (Å²) in [6.45, 7) is 3.88. The Bertz CT molecular complexity index is 760. The van der Waals surface area contributed by atoms with Crippen LogP contribution in [0.25, 0.3) is 0 Å². The van der Waals surface area contributed by atoms with Gasteiger partial charge in [-0.2, -0.15) is 5.10 Å². The lowest BCUT2D eigenvalue weighted by Crippen LogP contribution is -2.24. The van der Waals surface area contributed by atoms with Crippen molar-refractivity contribution < 1.29 is 14.3 Å². The standard InChI is InChI=1S/C18H19IN2O3/c1-12-4-6-16(13(2)8-12)24-11-18(22)21-20-10-14-5-7-17(23-3)15(19)9-14/h4-10H,11H2,1-3H3,(H,21,22)/b20-10+. The lowest BCUT2D eigenvalue weighted by Gasteiger charge is -2.08. The number of ether oxygens (including phenoxy) is 2. The highest BCUT2D eigenvalue weighted by atomic mass is 127. The average Bonchev–Trinajstić information content (AvgIpc) is 2.54. The van der Waals surface area contributed by atoms with Crippen LogP contribution in [0.3, 0.4) is 0 Å². The first-order chi connectivity index (χ1) is 11.5. The van der Waals surface area contributed by atoms with Gasteiger partial charge >= 0.3 is 0 Å². The quantitative estimate of drug-likeness (QED) is 0.427. The number of nitrogens with zero attached hydrogens (tertiary/aromatic N) is 1. The van der Waals surface area contributed by atoms with Crippen molar-refractivity contribution in [2.75, 3.05) is 13.7 Å².